The molecule has 0 fully saturated rings. The van der Waals surface area contributed by atoms with E-state index in [0.29, 0.717) is 5.76 Å². The quantitative estimate of drug-likeness (QED) is 0.116. The molecule has 0 rings (SSSR count). The fraction of sp³-hybridized carbons (Fsp3) is 0.600. The van der Waals surface area contributed by atoms with Crippen molar-refractivity contribution in [3.63, 3.8) is 0 Å². The minimum absolute atomic E-state index is 0.416. The molecule has 0 spiro atoms. The molecule has 0 aromatic carbocycles. The SMILES string of the molecule is C=CC=CC(=CC=CCCCCCCCCCCCC)OO. The minimum atomic E-state index is 0.416. The maximum atomic E-state index is 8.66. The van der Waals surface area contributed by atoms with E-state index < -0.39 is 0 Å². The van der Waals surface area contributed by atoms with E-state index in [1.54, 1.807) is 24.3 Å². The molecule has 0 heterocycles. The van der Waals surface area contributed by atoms with Crippen molar-refractivity contribution in [3.8, 4) is 0 Å². The molecule has 0 atom stereocenters. The molecular weight excluding hydrogens is 272 g/mol. The van der Waals surface area contributed by atoms with Gasteiger partial charge in [0.05, 0.1) is 0 Å². The van der Waals surface area contributed by atoms with Gasteiger partial charge in [-0.1, -0.05) is 95.6 Å². The molecule has 0 aromatic rings. The summed E-state index contributed by atoms with van der Waals surface area (Å²) in [5.41, 5.74) is 0. The van der Waals surface area contributed by atoms with E-state index in [-0.39, 0.29) is 0 Å². The Morgan fingerprint density at radius 1 is 0.909 bits per heavy atom. The van der Waals surface area contributed by atoms with Crippen LogP contribution in [0.4, 0.5) is 0 Å². The molecule has 0 radical (unpaired) electrons. The van der Waals surface area contributed by atoms with Gasteiger partial charge < -0.3 is 4.89 Å². The molecule has 2 heteroatoms. The highest BCUT2D eigenvalue weighted by Crippen LogP contribution is 2.11. The van der Waals surface area contributed by atoms with Crippen molar-refractivity contribution < 1.29 is 10.1 Å². The van der Waals surface area contributed by atoms with E-state index in [1.165, 1.54) is 64.2 Å². The third kappa shape index (κ3) is 15.1. The Morgan fingerprint density at radius 2 is 1.50 bits per heavy atom. The van der Waals surface area contributed by atoms with Crippen LogP contribution in [-0.2, 0) is 4.89 Å². The number of rotatable bonds is 15. The number of unbranched alkanes of at least 4 members (excludes halogenated alkanes) is 10. The summed E-state index contributed by atoms with van der Waals surface area (Å²) in [6.45, 7) is 5.83. The molecule has 0 saturated heterocycles. The highest BCUT2D eigenvalue weighted by Gasteiger charge is 1.92. The summed E-state index contributed by atoms with van der Waals surface area (Å²) >= 11 is 0. The zero-order valence-corrected chi connectivity index (χ0v) is 14.3. The topological polar surface area (TPSA) is 29.5 Å². The summed E-state index contributed by atoms with van der Waals surface area (Å²) in [5.74, 6) is 0.416. The maximum absolute atomic E-state index is 8.66. The fourth-order valence-electron chi connectivity index (χ4n) is 2.29. The normalized spacial score (nSPS) is 12.4. The summed E-state index contributed by atoms with van der Waals surface area (Å²) in [4.78, 5) is 4.23. The first-order valence-electron chi connectivity index (χ1n) is 8.82. The van der Waals surface area contributed by atoms with Crippen LogP contribution in [0.3, 0.4) is 0 Å². The monoisotopic (exact) mass is 306 g/mol. The smallest absolute Gasteiger partial charge is 0.165 e. The molecule has 0 bridgehead atoms. The molecule has 22 heavy (non-hydrogen) atoms. The molecule has 126 valence electrons. The lowest BCUT2D eigenvalue weighted by molar-refractivity contribution is -0.198. The van der Waals surface area contributed by atoms with Gasteiger partial charge in [0.25, 0.3) is 0 Å². The largest absolute Gasteiger partial charge is 0.340 e. The van der Waals surface area contributed by atoms with Crippen molar-refractivity contribution >= 4 is 0 Å². The lowest BCUT2D eigenvalue weighted by Crippen LogP contribution is -1.82. The first-order valence-corrected chi connectivity index (χ1v) is 8.82. The fourth-order valence-corrected chi connectivity index (χ4v) is 2.29. The van der Waals surface area contributed by atoms with Crippen LogP contribution in [0.25, 0.3) is 0 Å². The van der Waals surface area contributed by atoms with Crippen molar-refractivity contribution in [2.24, 2.45) is 0 Å². The molecule has 0 aliphatic carbocycles. The number of hydrogen-bond acceptors (Lipinski definition) is 2. The molecule has 1 N–H and O–H groups in total. The van der Waals surface area contributed by atoms with E-state index >= 15 is 0 Å². The van der Waals surface area contributed by atoms with Gasteiger partial charge >= 0.3 is 0 Å². The second kappa shape index (κ2) is 17.8. The molecule has 0 aliphatic rings. The minimum Gasteiger partial charge on any atom is -0.340 e. The van der Waals surface area contributed by atoms with Crippen LogP contribution in [-0.4, -0.2) is 5.26 Å². The molecule has 2 nitrogen and oxygen atoms in total. The standard InChI is InChI=1S/C20H34O2/c1-3-5-7-8-9-10-11-12-13-14-15-16-17-19-20(22-21)18-6-4-2/h4,6,16-19,21H,2-3,5,7-15H2,1H3. The highest BCUT2D eigenvalue weighted by atomic mass is 17.1. The molecule has 0 unspecified atom stereocenters. The Morgan fingerprint density at radius 3 is 2.05 bits per heavy atom. The van der Waals surface area contributed by atoms with Gasteiger partial charge in [-0.3, -0.25) is 0 Å². The Hall–Kier alpha value is -1.28. The highest BCUT2D eigenvalue weighted by molar-refractivity contribution is 5.20. The van der Waals surface area contributed by atoms with Crippen molar-refractivity contribution in [1.29, 1.82) is 0 Å². The van der Waals surface area contributed by atoms with Crippen molar-refractivity contribution in [1.82, 2.24) is 0 Å². The molecule has 0 saturated carbocycles. The lowest BCUT2D eigenvalue weighted by Gasteiger charge is -2.01. The van der Waals surface area contributed by atoms with Crippen LogP contribution in [0.15, 0.2) is 48.8 Å². The summed E-state index contributed by atoms with van der Waals surface area (Å²) in [6, 6.07) is 0. The summed E-state index contributed by atoms with van der Waals surface area (Å²) in [6.07, 6.45) is 25.5. The Labute approximate surface area is 137 Å². The van der Waals surface area contributed by atoms with Gasteiger partial charge in [-0.15, -0.1) is 0 Å². The van der Waals surface area contributed by atoms with Crippen LogP contribution in [0.1, 0.15) is 77.6 Å². The zero-order valence-electron chi connectivity index (χ0n) is 14.3. The Bertz CT molecular complexity index is 327. The number of hydrogen-bond donors (Lipinski definition) is 1. The lowest BCUT2D eigenvalue weighted by atomic mass is 10.1. The second-order valence-electron chi connectivity index (χ2n) is 5.65. The molecule has 0 aliphatic heterocycles. The summed E-state index contributed by atoms with van der Waals surface area (Å²) < 4.78 is 0. The predicted molar refractivity (Wildman–Crippen MR) is 96.7 cm³/mol. The van der Waals surface area contributed by atoms with Crippen LogP contribution in [0, 0.1) is 0 Å². The van der Waals surface area contributed by atoms with Crippen molar-refractivity contribution in [3.05, 3.63) is 48.8 Å². The van der Waals surface area contributed by atoms with Gasteiger partial charge in [0, 0.05) is 0 Å². The van der Waals surface area contributed by atoms with E-state index in [1.807, 2.05) is 6.08 Å². The number of allylic oxidation sites excluding steroid dienone is 6. The van der Waals surface area contributed by atoms with E-state index in [0.717, 1.165) is 6.42 Å². The second-order valence-corrected chi connectivity index (χ2v) is 5.65. The van der Waals surface area contributed by atoms with Gasteiger partial charge in [-0.05, 0) is 25.0 Å². The zero-order chi connectivity index (χ0) is 16.3. The van der Waals surface area contributed by atoms with Gasteiger partial charge in [0.15, 0.2) is 5.76 Å². The van der Waals surface area contributed by atoms with Gasteiger partial charge in [-0.25, -0.2) is 5.26 Å². The Balaban J connectivity index is 3.45. The van der Waals surface area contributed by atoms with E-state index in [4.69, 9.17) is 5.26 Å². The summed E-state index contributed by atoms with van der Waals surface area (Å²) in [7, 11) is 0. The van der Waals surface area contributed by atoms with Crippen LogP contribution < -0.4 is 0 Å². The van der Waals surface area contributed by atoms with Crippen molar-refractivity contribution in [2.45, 2.75) is 77.6 Å². The molecular formula is C20H34O2. The van der Waals surface area contributed by atoms with Crippen molar-refractivity contribution in [2.75, 3.05) is 0 Å². The van der Waals surface area contributed by atoms with Gasteiger partial charge in [0.2, 0.25) is 0 Å². The van der Waals surface area contributed by atoms with Crippen LogP contribution >= 0.6 is 0 Å². The van der Waals surface area contributed by atoms with Gasteiger partial charge in [-0.2, -0.15) is 0 Å². The van der Waals surface area contributed by atoms with E-state index in [2.05, 4.69) is 24.5 Å². The third-order valence-corrected chi connectivity index (χ3v) is 3.62. The first-order chi connectivity index (χ1) is 10.8. The average molecular weight is 306 g/mol. The predicted octanol–water partition coefficient (Wildman–Crippen LogP) is 6.97. The third-order valence-electron chi connectivity index (χ3n) is 3.62. The summed E-state index contributed by atoms with van der Waals surface area (Å²) in [5, 5.41) is 8.66. The van der Waals surface area contributed by atoms with E-state index in [9.17, 15) is 0 Å². The van der Waals surface area contributed by atoms with Crippen LogP contribution in [0.2, 0.25) is 0 Å². The first kappa shape index (κ1) is 20.7. The molecule has 0 amide bonds. The molecule has 0 aromatic heterocycles. The maximum Gasteiger partial charge on any atom is 0.165 e. The van der Waals surface area contributed by atoms with Gasteiger partial charge in [0.1, 0.15) is 0 Å². The van der Waals surface area contributed by atoms with Crippen LogP contribution in [0.5, 0.6) is 0 Å². The Kier molecular flexibility index (Phi) is 16.7. The average Bonchev–Trinajstić information content (AvgIpc) is 2.54.